The summed E-state index contributed by atoms with van der Waals surface area (Å²) in [4.78, 5) is 22.6. The lowest BCUT2D eigenvalue weighted by molar-refractivity contribution is -0.137. The van der Waals surface area contributed by atoms with Gasteiger partial charge in [-0.1, -0.05) is 19.1 Å². The van der Waals surface area contributed by atoms with E-state index in [0.717, 1.165) is 5.56 Å². The van der Waals surface area contributed by atoms with Crippen LogP contribution in [0.25, 0.3) is 0 Å². The van der Waals surface area contributed by atoms with Crippen molar-refractivity contribution in [2.24, 2.45) is 11.1 Å². The molecule has 0 saturated carbocycles. The van der Waals surface area contributed by atoms with E-state index in [1.807, 2.05) is 19.1 Å². The van der Waals surface area contributed by atoms with E-state index in [9.17, 15) is 9.59 Å². The fraction of sp³-hybridized carbons (Fsp3) is 0.467. The van der Waals surface area contributed by atoms with Gasteiger partial charge in [0.15, 0.2) is 0 Å². The maximum atomic E-state index is 12.0. The normalized spacial score (nSPS) is 12.8. The van der Waals surface area contributed by atoms with Gasteiger partial charge in [-0.2, -0.15) is 0 Å². The number of anilines is 1. The first-order valence-electron chi connectivity index (χ1n) is 6.59. The van der Waals surface area contributed by atoms with Crippen LogP contribution >= 0.6 is 0 Å². The van der Waals surface area contributed by atoms with E-state index in [4.69, 9.17) is 10.8 Å². The summed E-state index contributed by atoms with van der Waals surface area (Å²) in [5.41, 5.74) is 6.56. The molecule has 1 unspecified atom stereocenters. The highest BCUT2D eigenvalue weighted by molar-refractivity contribution is 5.94. The van der Waals surface area contributed by atoms with Gasteiger partial charge in [-0.15, -0.1) is 0 Å². The van der Waals surface area contributed by atoms with Crippen LogP contribution in [-0.2, 0) is 9.59 Å². The molecule has 5 heteroatoms. The standard InChI is InChI=1S/C15H22N2O3/c1-10(8-13(18)19)11-4-6-12(7-5-11)17-14(20)15(2,3)9-16/h4-7,10H,8-9,16H2,1-3H3,(H,17,20)(H,18,19). The summed E-state index contributed by atoms with van der Waals surface area (Å²) in [6, 6.07) is 7.22. The molecule has 0 radical (unpaired) electrons. The second-order valence-corrected chi connectivity index (χ2v) is 5.66. The summed E-state index contributed by atoms with van der Waals surface area (Å²) in [5.74, 6) is -1.01. The highest BCUT2D eigenvalue weighted by Gasteiger charge is 2.25. The molecule has 1 atom stereocenters. The number of carboxylic acid groups (broad SMARTS) is 1. The van der Waals surface area contributed by atoms with Crippen molar-refractivity contribution in [2.45, 2.75) is 33.1 Å². The maximum Gasteiger partial charge on any atom is 0.303 e. The predicted molar refractivity (Wildman–Crippen MR) is 78.6 cm³/mol. The van der Waals surface area contributed by atoms with Crippen LogP contribution in [0.1, 0.15) is 38.7 Å². The van der Waals surface area contributed by atoms with E-state index in [0.29, 0.717) is 5.69 Å². The summed E-state index contributed by atoms with van der Waals surface area (Å²) in [7, 11) is 0. The zero-order chi connectivity index (χ0) is 15.3. The quantitative estimate of drug-likeness (QED) is 0.743. The van der Waals surface area contributed by atoms with Crippen LogP contribution in [0, 0.1) is 5.41 Å². The summed E-state index contributed by atoms with van der Waals surface area (Å²) >= 11 is 0. The Balaban J connectivity index is 2.72. The molecule has 0 saturated heterocycles. The summed E-state index contributed by atoms with van der Waals surface area (Å²) < 4.78 is 0. The molecule has 5 nitrogen and oxygen atoms in total. The van der Waals surface area contributed by atoms with Crippen molar-refractivity contribution in [1.29, 1.82) is 0 Å². The van der Waals surface area contributed by atoms with E-state index in [1.54, 1.807) is 26.0 Å². The van der Waals surface area contributed by atoms with Gasteiger partial charge in [-0.25, -0.2) is 0 Å². The minimum Gasteiger partial charge on any atom is -0.481 e. The number of rotatable bonds is 6. The molecular weight excluding hydrogens is 256 g/mol. The third-order valence-corrected chi connectivity index (χ3v) is 3.34. The SMILES string of the molecule is CC(CC(=O)O)c1ccc(NC(=O)C(C)(C)CN)cc1. The van der Waals surface area contributed by atoms with Gasteiger partial charge < -0.3 is 16.2 Å². The van der Waals surface area contributed by atoms with Crippen molar-refractivity contribution in [3.05, 3.63) is 29.8 Å². The van der Waals surface area contributed by atoms with Gasteiger partial charge in [0, 0.05) is 12.2 Å². The van der Waals surface area contributed by atoms with Gasteiger partial charge in [0.25, 0.3) is 0 Å². The Labute approximate surface area is 119 Å². The zero-order valence-corrected chi connectivity index (χ0v) is 12.1. The van der Waals surface area contributed by atoms with Crippen LogP contribution in [0.5, 0.6) is 0 Å². The molecule has 0 spiro atoms. The maximum absolute atomic E-state index is 12.0. The number of aliphatic carboxylic acids is 1. The van der Waals surface area contributed by atoms with Crippen LogP contribution in [0.2, 0.25) is 0 Å². The van der Waals surface area contributed by atoms with Crippen molar-refractivity contribution in [3.63, 3.8) is 0 Å². The van der Waals surface area contributed by atoms with Crippen molar-refractivity contribution in [3.8, 4) is 0 Å². The zero-order valence-electron chi connectivity index (χ0n) is 12.1. The molecule has 1 aromatic rings. The summed E-state index contributed by atoms with van der Waals surface area (Å²) in [6.45, 7) is 5.70. The molecule has 110 valence electrons. The molecule has 1 rings (SSSR count). The van der Waals surface area contributed by atoms with Gasteiger partial charge in [-0.3, -0.25) is 9.59 Å². The number of carbonyl (C=O) groups is 2. The minimum atomic E-state index is -0.820. The van der Waals surface area contributed by atoms with E-state index in [2.05, 4.69) is 5.32 Å². The van der Waals surface area contributed by atoms with Crippen LogP contribution in [0.3, 0.4) is 0 Å². The lowest BCUT2D eigenvalue weighted by Crippen LogP contribution is -2.37. The fourth-order valence-corrected chi connectivity index (χ4v) is 1.67. The Hall–Kier alpha value is -1.88. The van der Waals surface area contributed by atoms with E-state index >= 15 is 0 Å². The van der Waals surface area contributed by atoms with Crippen molar-refractivity contribution in [1.82, 2.24) is 0 Å². The number of amides is 1. The molecule has 0 fully saturated rings. The first kappa shape index (κ1) is 16.2. The Kier molecular flexibility index (Phi) is 5.27. The van der Waals surface area contributed by atoms with Gasteiger partial charge in [-0.05, 0) is 37.5 Å². The molecule has 0 heterocycles. The number of hydrogen-bond donors (Lipinski definition) is 3. The molecule has 0 aliphatic carbocycles. The lowest BCUT2D eigenvalue weighted by atomic mass is 9.92. The number of benzene rings is 1. The summed E-state index contributed by atoms with van der Waals surface area (Å²) in [6.07, 6.45) is 0.0892. The smallest absolute Gasteiger partial charge is 0.303 e. The first-order valence-corrected chi connectivity index (χ1v) is 6.59. The molecular formula is C15H22N2O3. The number of carboxylic acids is 1. The second kappa shape index (κ2) is 6.52. The van der Waals surface area contributed by atoms with Crippen molar-refractivity contribution in [2.75, 3.05) is 11.9 Å². The number of hydrogen-bond acceptors (Lipinski definition) is 3. The number of nitrogens with one attached hydrogen (secondary N) is 1. The predicted octanol–water partition coefficient (Wildman–Crippen LogP) is 2.19. The van der Waals surface area contributed by atoms with E-state index in [1.165, 1.54) is 0 Å². The topological polar surface area (TPSA) is 92.4 Å². The van der Waals surface area contributed by atoms with Crippen molar-refractivity contribution < 1.29 is 14.7 Å². The minimum absolute atomic E-state index is 0.0577. The number of nitrogens with two attached hydrogens (primary N) is 1. The molecule has 0 aliphatic rings. The third-order valence-electron chi connectivity index (χ3n) is 3.34. The Morgan fingerprint density at radius 1 is 1.30 bits per heavy atom. The molecule has 1 aromatic carbocycles. The third kappa shape index (κ3) is 4.35. The van der Waals surface area contributed by atoms with Crippen molar-refractivity contribution >= 4 is 17.6 Å². The average molecular weight is 278 g/mol. The Bertz CT molecular complexity index is 480. The van der Waals surface area contributed by atoms with E-state index in [-0.39, 0.29) is 24.8 Å². The van der Waals surface area contributed by atoms with Gasteiger partial charge in [0.2, 0.25) is 5.91 Å². The summed E-state index contributed by atoms with van der Waals surface area (Å²) in [5, 5.41) is 11.6. The van der Waals surface area contributed by atoms with Crippen LogP contribution in [-0.4, -0.2) is 23.5 Å². The molecule has 4 N–H and O–H groups in total. The molecule has 1 amide bonds. The Morgan fingerprint density at radius 3 is 2.30 bits per heavy atom. The first-order chi connectivity index (χ1) is 9.26. The van der Waals surface area contributed by atoms with Gasteiger partial charge in [0.05, 0.1) is 11.8 Å². The molecule has 0 aromatic heterocycles. The molecule has 20 heavy (non-hydrogen) atoms. The molecule has 0 bridgehead atoms. The number of carbonyl (C=O) groups excluding carboxylic acids is 1. The Morgan fingerprint density at radius 2 is 1.85 bits per heavy atom. The molecule has 0 aliphatic heterocycles. The van der Waals surface area contributed by atoms with Gasteiger partial charge in [0.1, 0.15) is 0 Å². The monoisotopic (exact) mass is 278 g/mol. The second-order valence-electron chi connectivity index (χ2n) is 5.66. The highest BCUT2D eigenvalue weighted by atomic mass is 16.4. The largest absolute Gasteiger partial charge is 0.481 e. The fourth-order valence-electron chi connectivity index (χ4n) is 1.67. The van der Waals surface area contributed by atoms with Crippen LogP contribution in [0.15, 0.2) is 24.3 Å². The van der Waals surface area contributed by atoms with E-state index < -0.39 is 11.4 Å². The van der Waals surface area contributed by atoms with Crippen LogP contribution in [0.4, 0.5) is 5.69 Å². The van der Waals surface area contributed by atoms with Crippen LogP contribution < -0.4 is 11.1 Å². The average Bonchev–Trinajstić information content (AvgIpc) is 2.38. The lowest BCUT2D eigenvalue weighted by Gasteiger charge is -2.21. The van der Waals surface area contributed by atoms with Gasteiger partial charge >= 0.3 is 5.97 Å². The highest BCUT2D eigenvalue weighted by Crippen LogP contribution is 2.22.